The zero-order valence-corrected chi connectivity index (χ0v) is 12.1. The van der Waals surface area contributed by atoms with E-state index in [0.717, 1.165) is 25.2 Å². The average molecular weight is 269 g/mol. The van der Waals surface area contributed by atoms with Crippen LogP contribution in [0.2, 0.25) is 0 Å². The van der Waals surface area contributed by atoms with E-state index < -0.39 is 0 Å². The Morgan fingerprint density at radius 1 is 1.15 bits per heavy atom. The van der Waals surface area contributed by atoms with E-state index in [0.29, 0.717) is 12.1 Å². The van der Waals surface area contributed by atoms with Crippen LogP contribution in [0.5, 0.6) is 0 Å². The van der Waals surface area contributed by atoms with Crippen LogP contribution in [0.1, 0.15) is 32.6 Å². The normalized spacial score (nSPS) is 22.9. The van der Waals surface area contributed by atoms with Gasteiger partial charge < -0.3 is 10.6 Å². The molecule has 20 heavy (non-hydrogen) atoms. The molecular formula is C17H23N3. The molecule has 0 saturated heterocycles. The van der Waals surface area contributed by atoms with Crippen molar-refractivity contribution in [3.8, 4) is 0 Å². The highest BCUT2D eigenvalue weighted by Crippen LogP contribution is 2.30. The van der Waals surface area contributed by atoms with Crippen LogP contribution >= 0.6 is 0 Å². The number of fused-ring (bicyclic) bond motifs is 1. The van der Waals surface area contributed by atoms with Crippen LogP contribution in [0.25, 0.3) is 10.8 Å². The molecule has 1 aliphatic carbocycles. The van der Waals surface area contributed by atoms with Crippen molar-refractivity contribution >= 4 is 16.6 Å². The Balaban J connectivity index is 1.95. The molecule has 0 amide bonds. The maximum absolute atomic E-state index is 6.03. The van der Waals surface area contributed by atoms with Gasteiger partial charge in [0.15, 0.2) is 0 Å². The van der Waals surface area contributed by atoms with E-state index in [1.165, 1.54) is 23.6 Å². The van der Waals surface area contributed by atoms with Crippen molar-refractivity contribution in [3.63, 3.8) is 0 Å². The number of hydrogen-bond acceptors (Lipinski definition) is 3. The number of hydrogen-bond donors (Lipinski definition) is 1. The van der Waals surface area contributed by atoms with Crippen molar-refractivity contribution in [2.45, 2.75) is 44.7 Å². The van der Waals surface area contributed by atoms with Gasteiger partial charge in [0.25, 0.3) is 0 Å². The van der Waals surface area contributed by atoms with Crippen LogP contribution in [0.4, 0.5) is 5.82 Å². The van der Waals surface area contributed by atoms with Gasteiger partial charge in [0.2, 0.25) is 0 Å². The number of aromatic nitrogens is 1. The summed E-state index contributed by atoms with van der Waals surface area (Å²) in [7, 11) is 0. The number of anilines is 1. The van der Waals surface area contributed by atoms with Crippen LogP contribution < -0.4 is 10.6 Å². The van der Waals surface area contributed by atoms with Crippen molar-refractivity contribution < 1.29 is 0 Å². The van der Waals surface area contributed by atoms with Gasteiger partial charge in [-0.2, -0.15) is 0 Å². The third-order valence-electron chi connectivity index (χ3n) is 4.45. The Morgan fingerprint density at radius 3 is 2.65 bits per heavy atom. The van der Waals surface area contributed by atoms with E-state index in [-0.39, 0.29) is 0 Å². The predicted octanol–water partition coefficient (Wildman–Crippen LogP) is 3.33. The summed E-state index contributed by atoms with van der Waals surface area (Å²) >= 11 is 0. The van der Waals surface area contributed by atoms with Crippen molar-refractivity contribution in [2.75, 3.05) is 11.4 Å². The maximum Gasteiger partial charge on any atom is 0.136 e. The Hall–Kier alpha value is -1.61. The van der Waals surface area contributed by atoms with Crippen LogP contribution in [0.15, 0.2) is 36.5 Å². The van der Waals surface area contributed by atoms with Crippen LogP contribution in [0, 0.1) is 0 Å². The third-order valence-corrected chi connectivity index (χ3v) is 4.45. The van der Waals surface area contributed by atoms with Crippen molar-refractivity contribution in [1.29, 1.82) is 0 Å². The van der Waals surface area contributed by atoms with Crippen molar-refractivity contribution in [2.24, 2.45) is 5.73 Å². The number of benzene rings is 1. The second kappa shape index (κ2) is 5.80. The minimum atomic E-state index is 0.394. The predicted molar refractivity (Wildman–Crippen MR) is 85.0 cm³/mol. The minimum Gasteiger partial charge on any atom is -0.353 e. The first-order valence-corrected chi connectivity index (χ1v) is 7.65. The van der Waals surface area contributed by atoms with Gasteiger partial charge >= 0.3 is 0 Å². The second-order valence-corrected chi connectivity index (χ2v) is 5.71. The molecule has 0 aliphatic heterocycles. The molecule has 0 spiro atoms. The molecule has 3 rings (SSSR count). The van der Waals surface area contributed by atoms with Gasteiger partial charge in [-0.1, -0.05) is 24.3 Å². The van der Waals surface area contributed by atoms with Gasteiger partial charge in [0.1, 0.15) is 5.82 Å². The molecule has 0 atom stereocenters. The smallest absolute Gasteiger partial charge is 0.136 e. The first kappa shape index (κ1) is 13.4. The summed E-state index contributed by atoms with van der Waals surface area (Å²) < 4.78 is 0. The molecule has 1 saturated carbocycles. The summed E-state index contributed by atoms with van der Waals surface area (Å²) in [5.41, 5.74) is 6.03. The van der Waals surface area contributed by atoms with Gasteiger partial charge in [-0.05, 0) is 44.1 Å². The Kier molecular flexibility index (Phi) is 3.88. The van der Waals surface area contributed by atoms with E-state index in [4.69, 9.17) is 5.73 Å². The first-order chi connectivity index (χ1) is 9.79. The molecule has 2 N–H and O–H groups in total. The van der Waals surface area contributed by atoms with Crippen LogP contribution in [-0.4, -0.2) is 23.6 Å². The van der Waals surface area contributed by atoms with E-state index in [2.05, 4.69) is 47.1 Å². The van der Waals surface area contributed by atoms with Crippen LogP contribution in [-0.2, 0) is 0 Å². The van der Waals surface area contributed by atoms with Crippen LogP contribution in [0.3, 0.4) is 0 Å². The van der Waals surface area contributed by atoms with Gasteiger partial charge in [0, 0.05) is 30.2 Å². The van der Waals surface area contributed by atoms with Gasteiger partial charge in [-0.3, -0.25) is 0 Å². The summed E-state index contributed by atoms with van der Waals surface area (Å²) in [5.74, 6) is 1.13. The lowest BCUT2D eigenvalue weighted by atomic mass is 9.90. The summed E-state index contributed by atoms with van der Waals surface area (Å²) in [6.07, 6.45) is 6.55. The number of nitrogens with zero attached hydrogens (tertiary/aromatic N) is 2. The molecule has 1 aromatic carbocycles. The maximum atomic E-state index is 6.03. The number of rotatable bonds is 3. The zero-order valence-electron chi connectivity index (χ0n) is 12.1. The topological polar surface area (TPSA) is 42.2 Å². The zero-order chi connectivity index (χ0) is 13.9. The first-order valence-electron chi connectivity index (χ1n) is 7.65. The third kappa shape index (κ3) is 2.50. The quantitative estimate of drug-likeness (QED) is 0.929. The lowest BCUT2D eigenvalue weighted by Gasteiger charge is -2.36. The van der Waals surface area contributed by atoms with Gasteiger partial charge in [-0.25, -0.2) is 4.98 Å². The fourth-order valence-electron chi connectivity index (χ4n) is 3.33. The molecule has 3 nitrogen and oxygen atoms in total. The largest absolute Gasteiger partial charge is 0.353 e. The fraction of sp³-hybridized carbons (Fsp3) is 0.471. The van der Waals surface area contributed by atoms with Gasteiger partial charge in [0.05, 0.1) is 0 Å². The molecule has 2 aromatic rings. The SMILES string of the molecule is CCN(c1nccc2ccccc12)C1CCC(N)CC1. The lowest BCUT2D eigenvalue weighted by Crippen LogP contribution is -2.41. The number of pyridine rings is 1. The summed E-state index contributed by atoms with van der Waals surface area (Å²) in [4.78, 5) is 7.13. The molecule has 0 bridgehead atoms. The summed E-state index contributed by atoms with van der Waals surface area (Å²) in [6.45, 7) is 3.22. The lowest BCUT2D eigenvalue weighted by molar-refractivity contribution is 0.377. The van der Waals surface area contributed by atoms with E-state index in [1.807, 2.05) is 6.20 Å². The fourth-order valence-corrected chi connectivity index (χ4v) is 3.33. The molecule has 1 aliphatic rings. The summed E-state index contributed by atoms with van der Waals surface area (Å²) in [5, 5.41) is 2.52. The Morgan fingerprint density at radius 2 is 1.90 bits per heavy atom. The molecule has 0 radical (unpaired) electrons. The van der Waals surface area contributed by atoms with E-state index >= 15 is 0 Å². The highest BCUT2D eigenvalue weighted by Gasteiger charge is 2.25. The highest BCUT2D eigenvalue weighted by molar-refractivity contribution is 5.92. The molecule has 1 heterocycles. The van der Waals surface area contributed by atoms with Crippen molar-refractivity contribution in [1.82, 2.24) is 4.98 Å². The standard InChI is InChI=1S/C17H23N3/c1-2-20(15-9-7-14(18)8-10-15)17-16-6-4-3-5-13(16)11-12-19-17/h3-6,11-12,14-15H,2,7-10,18H2,1H3. The monoisotopic (exact) mass is 269 g/mol. The Labute approximate surface area is 120 Å². The molecule has 1 aromatic heterocycles. The highest BCUT2D eigenvalue weighted by atomic mass is 15.2. The van der Waals surface area contributed by atoms with Crippen molar-refractivity contribution in [3.05, 3.63) is 36.5 Å². The molecule has 1 fully saturated rings. The average Bonchev–Trinajstić information content (AvgIpc) is 2.50. The molecule has 106 valence electrons. The Bertz CT molecular complexity index is 568. The molecular weight excluding hydrogens is 246 g/mol. The molecule has 0 unspecified atom stereocenters. The van der Waals surface area contributed by atoms with E-state index in [1.54, 1.807) is 0 Å². The second-order valence-electron chi connectivity index (χ2n) is 5.71. The summed E-state index contributed by atoms with van der Waals surface area (Å²) in [6, 6.07) is 11.6. The number of nitrogens with two attached hydrogens (primary N) is 1. The van der Waals surface area contributed by atoms with E-state index in [9.17, 15) is 0 Å². The van der Waals surface area contributed by atoms with Gasteiger partial charge in [-0.15, -0.1) is 0 Å². The molecule has 3 heteroatoms. The minimum absolute atomic E-state index is 0.394.